The molecule has 3 aromatic rings. The van der Waals surface area contributed by atoms with Crippen LogP contribution >= 0.6 is 11.8 Å². The van der Waals surface area contributed by atoms with E-state index in [9.17, 15) is 4.79 Å². The molecule has 0 aliphatic carbocycles. The molecule has 0 saturated carbocycles. The molecule has 3 rings (SSSR count). The summed E-state index contributed by atoms with van der Waals surface area (Å²) >= 11 is 1.52. The second kappa shape index (κ2) is 8.23. The molecule has 2 heterocycles. The van der Waals surface area contributed by atoms with Crippen LogP contribution in [0.2, 0.25) is 0 Å². The van der Waals surface area contributed by atoms with Crippen LogP contribution in [0, 0.1) is 13.8 Å². The zero-order chi connectivity index (χ0) is 18.5. The highest BCUT2D eigenvalue weighted by molar-refractivity contribution is 7.99. The van der Waals surface area contributed by atoms with E-state index in [0.29, 0.717) is 23.9 Å². The first-order valence-electron chi connectivity index (χ1n) is 8.28. The van der Waals surface area contributed by atoms with Crippen molar-refractivity contribution in [2.45, 2.75) is 26.1 Å². The Balaban J connectivity index is 1.49. The highest BCUT2D eigenvalue weighted by atomic mass is 32.2. The number of carbonyl (C=O) groups is 1. The number of amides is 1. The van der Waals surface area contributed by atoms with Gasteiger partial charge in [-0.05, 0) is 26.0 Å². The van der Waals surface area contributed by atoms with Gasteiger partial charge in [0.05, 0.1) is 23.7 Å². The monoisotopic (exact) mass is 371 g/mol. The Morgan fingerprint density at radius 3 is 2.69 bits per heavy atom. The second-order valence-corrected chi connectivity index (χ2v) is 7.04. The Morgan fingerprint density at radius 1 is 1.23 bits per heavy atom. The molecule has 1 aromatic carbocycles. The molecule has 2 aromatic heterocycles. The average molecular weight is 371 g/mol. The number of hydrogen-bond donors (Lipinski definition) is 0. The van der Waals surface area contributed by atoms with Crippen LogP contribution in [0.1, 0.15) is 22.7 Å². The van der Waals surface area contributed by atoms with E-state index in [-0.39, 0.29) is 5.91 Å². The Morgan fingerprint density at radius 2 is 2.00 bits per heavy atom. The molecule has 0 bridgehead atoms. The third kappa shape index (κ3) is 4.35. The minimum Gasteiger partial charge on any atom is -0.444 e. The summed E-state index contributed by atoms with van der Waals surface area (Å²) < 4.78 is 10.7. The summed E-state index contributed by atoms with van der Waals surface area (Å²) in [5.74, 6) is 2.42. The molecule has 0 N–H and O–H groups in total. The fraction of sp³-hybridized carbons (Fsp3) is 0.316. The van der Waals surface area contributed by atoms with Crippen molar-refractivity contribution in [3.8, 4) is 11.5 Å². The topological polar surface area (TPSA) is 72.4 Å². The Kier molecular flexibility index (Phi) is 5.78. The maximum absolute atomic E-state index is 12.3. The summed E-state index contributed by atoms with van der Waals surface area (Å²) in [4.78, 5) is 18.5. The number of benzene rings is 1. The van der Waals surface area contributed by atoms with E-state index < -0.39 is 0 Å². The van der Waals surface area contributed by atoms with E-state index in [0.717, 1.165) is 28.3 Å². The Labute approximate surface area is 156 Å². The Bertz CT molecular complexity index is 854. The van der Waals surface area contributed by atoms with Gasteiger partial charge in [0.2, 0.25) is 11.8 Å². The van der Waals surface area contributed by atoms with Gasteiger partial charge in [0.1, 0.15) is 12.0 Å². The van der Waals surface area contributed by atoms with Gasteiger partial charge in [0, 0.05) is 23.9 Å². The molecular formula is C19H21N3O3S. The van der Waals surface area contributed by atoms with Crippen LogP contribution in [-0.2, 0) is 17.1 Å². The normalized spacial score (nSPS) is 10.9. The smallest absolute Gasteiger partial charge is 0.232 e. The van der Waals surface area contributed by atoms with Gasteiger partial charge in [-0.1, -0.05) is 23.4 Å². The van der Waals surface area contributed by atoms with Crippen molar-refractivity contribution in [2.24, 2.45) is 0 Å². The molecule has 1 amide bonds. The van der Waals surface area contributed by atoms with Crippen molar-refractivity contribution in [1.82, 2.24) is 15.0 Å². The predicted octanol–water partition coefficient (Wildman–Crippen LogP) is 3.84. The molecule has 0 saturated heterocycles. The van der Waals surface area contributed by atoms with Crippen LogP contribution in [0.15, 0.2) is 45.5 Å². The second-order valence-electron chi connectivity index (χ2n) is 6.06. The largest absolute Gasteiger partial charge is 0.444 e. The summed E-state index contributed by atoms with van der Waals surface area (Å²) in [7, 11) is 1.79. The number of aromatic nitrogens is 2. The van der Waals surface area contributed by atoms with Gasteiger partial charge in [-0.2, -0.15) is 0 Å². The van der Waals surface area contributed by atoms with Crippen LogP contribution in [0.4, 0.5) is 0 Å². The number of nitrogens with zero attached hydrogens (tertiary/aromatic N) is 3. The van der Waals surface area contributed by atoms with E-state index in [1.165, 1.54) is 11.8 Å². The maximum Gasteiger partial charge on any atom is 0.232 e. The number of carbonyl (C=O) groups excluding carboxylic acids is 1. The molecule has 136 valence electrons. The number of rotatable bonds is 7. The lowest BCUT2D eigenvalue weighted by Crippen LogP contribution is -2.28. The molecule has 7 heteroatoms. The number of hydrogen-bond acceptors (Lipinski definition) is 6. The molecule has 0 atom stereocenters. The Hall–Kier alpha value is -2.54. The molecule has 6 nitrogen and oxygen atoms in total. The third-order valence-electron chi connectivity index (χ3n) is 4.05. The summed E-state index contributed by atoms with van der Waals surface area (Å²) in [5, 5.41) is 3.92. The van der Waals surface area contributed by atoms with Gasteiger partial charge in [0.15, 0.2) is 0 Å². The van der Waals surface area contributed by atoms with Crippen molar-refractivity contribution in [3.63, 3.8) is 0 Å². The van der Waals surface area contributed by atoms with Gasteiger partial charge in [-0.3, -0.25) is 4.79 Å². The lowest BCUT2D eigenvalue weighted by molar-refractivity contribution is -0.127. The summed E-state index contributed by atoms with van der Waals surface area (Å²) in [6.45, 7) is 4.24. The highest BCUT2D eigenvalue weighted by Crippen LogP contribution is 2.21. The third-order valence-corrected chi connectivity index (χ3v) is 5.00. The van der Waals surface area contributed by atoms with Crippen LogP contribution < -0.4 is 0 Å². The first-order chi connectivity index (χ1) is 12.5. The van der Waals surface area contributed by atoms with E-state index >= 15 is 0 Å². The molecule has 0 unspecified atom stereocenters. The predicted molar refractivity (Wildman–Crippen MR) is 101 cm³/mol. The van der Waals surface area contributed by atoms with Crippen molar-refractivity contribution < 1.29 is 13.7 Å². The first-order valence-corrected chi connectivity index (χ1v) is 9.43. The highest BCUT2D eigenvalue weighted by Gasteiger charge is 2.16. The van der Waals surface area contributed by atoms with Crippen LogP contribution in [0.3, 0.4) is 0 Å². The number of aryl methyl sites for hydroxylation is 2. The average Bonchev–Trinajstić information content (AvgIpc) is 3.24. The zero-order valence-electron chi connectivity index (χ0n) is 15.1. The quantitative estimate of drug-likeness (QED) is 0.628. The van der Waals surface area contributed by atoms with Crippen LogP contribution in [-0.4, -0.2) is 33.7 Å². The lowest BCUT2D eigenvalue weighted by Gasteiger charge is -2.16. The maximum atomic E-state index is 12.3. The molecule has 0 radical (unpaired) electrons. The lowest BCUT2D eigenvalue weighted by atomic mass is 10.2. The molecule has 0 aliphatic rings. The van der Waals surface area contributed by atoms with Gasteiger partial charge in [-0.25, -0.2) is 4.98 Å². The molecule has 0 spiro atoms. The van der Waals surface area contributed by atoms with Crippen LogP contribution in [0.25, 0.3) is 11.5 Å². The number of thioether (sulfide) groups is 1. The molecular weight excluding hydrogens is 350 g/mol. The van der Waals surface area contributed by atoms with E-state index in [1.54, 1.807) is 18.2 Å². The molecule has 26 heavy (non-hydrogen) atoms. The fourth-order valence-corrected chi connectivity index (χ4v) is 3.33. The van der Waals surface area contributed by atoms with E-state index in [4.69, 9.17) is 8.94 Å². The van der Waals surface area contributed by atoms with Gasteiger partial charge < -0.3 is 13.8 Å². The SMILES string of the molecule is Cc1noc(C)c1CN(C)C(=O)CSCc1coc(-c2ccccc2)n1. The summed E-state index contributed by atoms with van der Waals surface area (Å²) in [6.07, 6.45) is 1.65. The zero-order valence-corrected chi connectivity index (χ0v) is 15.9. The minimum absolute atomic E-state index is 0.0572. The van der Waals surface area contributed by atoms with Crippen molar-refractivity contribution in [2.75, 3.05) is 12.8 Å². The van der Waals surface area contributed by atoms with E-state index in [2.05, 4.69) is 10.1 Å². The summed E-state index contributed by atoms with van der Waals surface area (Å²) in [6, 6.07) is 9.75. The van der Waals surface area contributed by atoms with Crippen molar-refractivity contribution >= 4 is 17.7 Å². The molecule has 0 fully saturated rings. The standard InChI is InChI=1S/C19H21N3O3S/c1-13-17(14(2)25-21-13)9-22(3)18(23)12-26-11-16-10-24-19(20-16)15-7-5-4-6-8-15/h4-8,10H,9,11-12H2,1-3H3. The van der Waals surface area contributed by atoms with Crippen LogP contribution in [0.5, 0.6) is 0 Å². The van der Waals surface area contributed by atoms with Gasteiger partial charge >= 0.3 is 0 Å². The van der Waals surface area contributed by atoms with Gasteiger partial charge in [0.25, 0.3) is 0 Å². The first kappa shape index (κ1) is 18.3. The fourth-order valence-electron chi connectivity index (χ4n) is 2.49. The van der Waals surface area contributed by atoms with Crippen molar-refractivity contribution in [1.29, 1.82) is 0 Å². The van der Waals surface area contributed by atoms with Gasteiger partial charge in [-0.15, -0.1) is 11.8 Å². The summed E-state index contributed by atoms with van der Waals surface area (Å²) in [5.41, 5.74) is 3.56. The number of oxazole rings is 1. The molecule has 0 aliphatic heterocycles. The van der Waals surface area contributed by atoms with E-state index in [1.807, 2.05) is 44.2 Å². The minimum atomic E-state index is 0.0572. The van der Waals surface area contributed by atoms with Crippen molar-refractivity contribution in [3.05, 3.63) is 59.3 Å².